The summed E-state index contributed by atoms with van der Waals surface area (Å²) in [5.41, 5.74) is -1.39. The number of carbonyl (C=O) groups excluding carboxylic acids is 3. The fraction of sp³-hybridized carbons (Fsp3) is 0.308. The number of amides is 2. The van der Waals surface area contributed by atoms with Crippen LogP contribution in [0.3, 0.4) is 0 Å². The average molecular weight is 293 g/mol. The number of hydrogen-bond acceptors (Lipinski definition) is 6. The maximum atomic E-state index is 12.2. The highest BCUT2D eigenvalue weighted by molar-refractivity contribution is 7.10. The first-order valence-corrected chi connectivity index (χ1v) is 6.90. The quantitative estimate of drug-likeness (QED) is 0.834. The molecule has 2 aliphatic heterocycles. The Morgan fingerprint density at radius 1 is 1.30 bits per heavy atom. The molecule has 2 aliphatic rings. The Morgan fingerprint density at radius 3 is 2.50 bits per heavy atom. The van der Waals surface area contributed by atoms with E-state index in [-0.39, 0.29) is 18.7 Å². The summed E-state index contributed by atoms with van der Waals surface area (Å²) in [6.45, 7) is 1.51. The van der Waals surface area contributed by atoms with Crippen LogP contribution >= 0.6 is 11.3 Å². The van der Waals surface area contributed by atoms with E-state index in [0.717, 1.165) is 4.90 Å². The third-order valence-electron chi connectivity index (χ3n) is 3.40. The monoisotopic (exact) mass is 293 g/mol. The molecule has 0 aliphatic carbocycles. The molecular weight excluding hydrogens is 282 g/mol. The van der Waals surface area contributed by atoms with Gasteiger partial charge >= 0.3 is 0 Å². The molecule has 1 fully saturated rings. The van der Waals surface area contributed by atoms with Gasteiger partial charge in [0.2, 0.25) is 23.2 Å². The van der Waals surface area contributed by atoms with Gasteiger partial charge in [-0.1, -0.05) is 6.07 Å². The number of aliphatic hydroxyl groups is 1. The first-order valence-electron chi connectivity index (χ1n) is 6.02. The van der Waals surface area contributed by atoms with E-state index in [0.29, 0.717) is 4.88 Å². The molecule has 0 saturated carbocycles. The van der Waals surface area contributed by atoms with Gasteiger partial charge < -0.3 is 9.84 Å². The molecule has 1 unspecified atom stereocenters. The van der Waals surface area contributed by atoms with E-state index in [1.54, 1.807) is 17.5 Å². The average Bonchev–Trinajstić information content (AvgIpc) is 3.09. The number of hydrogen-bond donors (Lipinski definition) is 1. The van der Waals surface area contributed by atoms with Gasteiger partial charge in [0.15, 0.2) is 0 Å². The number of likely N-dealkylation sites (tertiary alicyclic amines) is 1. The Bertz CT molecular complexity index is 632. The lowest BCUT2D eigenvalue weighted by atomic mass is 9.99. The fourth-order valence-electron chi connectivity index (χ4n) is 2.28. The maximum Gasteiger partial charge on any atom is 0.252 e. The highest BCUT2D eigenvalue weighted by Crippen LogP contribution is 2.41. The number of thiophene rings is 1. The lowest BCUT2D eigenvalue weighted by molar-refractivity contribution is -0.144. The highest BCUT2D eigenvalue weighted by atomic mass is 32.1. The SMILES string of the molecule is CC1(c2cccs2)OC(N2C(=O)CCC2=O)=C(O)C1=O. The Morgan fingerprint density at radius 2 is 1.95 bits per heavy atom. The van der Waals surface area contributed by atoms with Crippen molar-refractivity contribution in [2.45, 2.75) is 25.4 Å². The van der Waals surface area contributed by atoms with Gasteiger partial charge in [-0.2, -0.15) is 0 Å². The summed E-state index contributed by atoms with van der Waals surface area (Å²) in [6.07, 6.45) is 0.117. The minimum absolute atomic E-state index is 0.0584. The lowest BCUT2D eigenvalue weighted by Crippen LogP contribution is -2.33. The van der Waals surface area contributed by atoms with Crippen LogP contribution in [0.1, 0.15) is 24.6 Å². The second-order valence-electron chi connectivity index (χ2n) is 4.72. The Balaban J connectivity index is 2.01. The zero-order valence-electron chi connectivity index (χ0n) is 10.6. The van der Waals surface area contributed by atoms with Crippen molar-refractivity contribution in [1.29, 1.82) is 0 Å². The number of nitrogens with zero attached hydrogens (tertiary/aromatic N) is 1. The first kappa shape index (κ1) is 12.9. The standard InChI is InChI=1S/C13H11NO5S/c1-13(7-3-2-6-20-7)11(18)10(17)12(19-13)14-8(15)4-5-9(14)16/h2-3,6,17H,4-5H2,1H3. The van der Waals surface area contributed by atoms with Gasteiger partial charge in [0.25, 0.3) is 11.7 Å². The maximum absolute atomic E-state index is 12.2. The molecule has 1 atom stereocenters. The van der Waals surface area contributed by atoms with Crippen LogP contribution in [0, 0.1) is 0 Å². The first-order chi connectivity index (χ1) is 9.45. The van der Waals surface area contributed by atoms with Crippen molar-refractivity contribution in [3.8, 4) is 0 Å². The molecule has 0 aromatic carbocycles. The van der Waals surface area contributed by atoms with Crippen molar-refractivity contribution in [2.75, 3.05) is 0 Å². The zero-order chi connectivity index (χ0) is 14.5. The summed E-state index contributed by atoms with van der Waals surface area (Å²) in [5.74, 6) is -2.62. The Kier molecular flexibility index (Phi) is 2.68. The van der Waals surface area contributed by atoms with Crippen LogP contribution in [-0.4, -0.2) is 27.6 Å². The van der Waals surface area contributed by atoms with Crippen molar-refractivity contribution < 1.29 is 24.2 Å². The number of imide groups is 1. The van der Waals surface area contributed by atoms with Gasteiger partial charge in [-0.3, -0.25) is 14.4 Å². The molecular formula is C13H11NO5S. The molecule has 2 amide bonds. The molecule has 20 heavy (non-hydrogen) atoms. The molecule has 7 heteroatoms. The van der Waals surface area contributed by atoms with Gasteiger partial charge in [-0.05, 0) is 18.4 Å². The number of rotatable bonds is 2. The van der Waals surface area contributed by atoms with E-state index < -0.39 is 29.0 Å². The second kappa shape index (κ2) is 4.17. The van der Waals surface area contributed by atoms with Crippen molar-refractivity contribution >= 4 is 28.9 Å². The van der Waals surface area contributed by atoms with E-state index in [4.69, 9.17) is 4.74 Å². The summed E-state index contributed by atoms with van der Waals surface area (Å²) in [7, 11) is 0. The molecule has 0 spiro atoms. The van der Waals surface area contributed by atoms with Crippen molar-refractivity contribution in [3.63, 3.8) is 0 Å². The van der Waals surface area contributed by atoms with Crippen molar-refractivity contribution in [2.24, 2.45) is 0 Å². The molecule has 1 N–H and O–H groups in total. The van der Waals surface area contributed by atoms with Crippen LogP contribution in [0.4, 0.5) is 0 Å². The normalized spacial score (nSPS) is 26.6. The van der Waals surface area contributed by atoms with E-state index in [2.05, 4.69) is 0 Å². The summed E-state index contributed by atoms with van der Waals surface area (Å²) in [4.78, 5) is 37.0. The van der Waals surface area contributed by atoms with Crippen LogP contribution < -0.4 is 0 Å². The molecule has 1 aromatic rings. The lowest BCUT2D eigenvalue weighted by Gasteiger charge is -2.23. The van der Waals surface area contributed by atoms with E-state index in [9.17, 15) is 19.5 Å². The minimum Gasteiger partial charge on any atom is -0.501 e. The Hall–Kier alpha value is -2.15. The summed E-state index contributed by atoms with van der Waals surface area (Å²) in [5, 5.41) is 11.7. The van der Waals surface area contributed by atoms with Crippen molar-refractivity contribution in [3.05, 3.63) is 34.0 Å². The van der Waals surface area contributed by atoms with Crippen molar-refractivity contribution in [1.82, 2.24) is 4.90 Å². The van der Waals surface area contributed by atoms with E-state index in [1.807, 2.05) is 0 Å². The molecule has 6 nitrogen and oxygen atoms in total. The largest absolute Gasteiger partial charge is 0.501 e. The Labute approximate surface area is 118 Å². The van der Waals surface area contributed by atoms with Gasteiger partial charge in [-0.15, -0.1) is 11.3 Å². The molecule has 1 aromatic heterocycles. The second-order valence-corrected chi connectivity index (χ2v) is 5.67. The highest BCUT2D eigenvalue weighted by Gasteiger charge is 2.52. The predicted molar refractivity (Wildman–Crippen MR) is 68.5 cm³/mol. The molecule has 3 heterocycles. The van der Waals surface area contributed by atoms with Gasteiger partial charge in [0.1, 0.15) is 0 Å². The van der Waals surface area contributed by atoms with Gasteiger partial charge in [0, 0.05) is 12.8 Å². The van der Waals surface area contributed by atoms with Crippen LogP contribution in [0.25, 0.3) is 0 Å². The molecule has 1 saturated heterocycles. The third-order valence-corrected chi connectivity index (χ3v) is 4.47. The topological polar surface area (TPSA) is 83.9 Å². The zero-order valence-corrected chi connectivity index (χ0v) is 11.4. The van der Waals surface area contributed by atoms with Crippen LogP contribution in [-0.2, 0) is 24.7 Å². The predicted octanol–water partition coefficient (Wildman–Crippen LogP) is 1.44. The van der Waals surface area contributed by atoms with E-state index in [1.165, 1.54) is 18.3 Å². The summed E-state index contributed by atoms with van der Waals surface area (Å²) >= 11 is 1.30. The summed E-state index contributed by atoms with van der Waals surface area (Å²) in [6, 6.07) is 3.45. The van der Waals surface area contributed by atoms with E-state index >= 15 is 0 Å². The third kappa shape index (κ3) is 1.59. The van der Waals surface area contributed by atoms with Gasteiger partial charge in [-0.25, -0.2) is 4.90 Å². The minimum atomic E-state index is -1.39. The molecule has 0 radical (unpaired) electrons. The molecule has 0 bridgehead atoms. The number of aliphatic hydroxyl groups excluding tert-OH is 1. The number of Topliss-reactive ketones (excluding diaryl/α,β-unsaturated/α-hetero) is 1. The summed E-state index contributed by atoms with van der Waals surface area (Å²) < 4.78 is 5.52. The smallest absolute Gasteiger partial charge is 0.252 e. The van der Waals surface area contributed by atoms with Crippen LogP contribution in [0.5, 0.6) is 0 Å². The fourth-order valence-corrected chi connectivity index (χ4v) is 3.10. The van der Waals surface area contributed by atoms with Crippen LogP contribution in [0.15, 0.2) is 29.2 Å². The number of ether oxygens (including phenoxy) is 1. The number of ketones is 1. The molecule has 104 valence electrons. The molecule has 3 rings (SSSR count). The van der Waals surface area contributed by atoms with Crippen LogP contribution in [0.2, 0.25) is 0 Å². The van der Waals surface area contributed by atoms with Gasteiger partial charge in [0.05, 0.1) is 4.88 Å². The number of carbonyl (C=O) groups is 3.